The topological polar surface area (TPSA) is 110 Å². The van der Waals surface area contributed by atoms with E-state index in [-0.39, 0.29) is 19.4 Å². The van der Waals surface area contributed by atoms with Gasteiger partial charge in [0.05, 0.1) is 12.2 Å². The van der Waals surface area contributed by atoms with Gasteiger partial charge in [-0.3, -0.25) is 9.59 Å². The zero-order valence-corrected chi connectivity index (χ0v) is 19.3. The fraction of sp³-hybridized carbons (Fsp3) is 0.138. The molecule has 0 radical (unpaired) electrons. The Bertz CT molecular complexity index is 1540. The lowest BCUT2D eigenvalue weighted by atomic mass is 10.0. The van der Waals surface area contributed by atoms with E-state index in [4.69, 9.17) is 24.4 Å². The van der Waals surface area contributed by atoms with E-state index in [9.17, 15) is 9.59 Å². The first-order valence-electron chi connectivity index (χ1n) is 11.6. The van der Waals surface area contributed by atoms with Crippen LogP contribution in [-0.4, -0.2) is 33.7 Å². The molecule has 0 unspecified atom stereocenters. The predicted molar refractivity (Wildman–Crippen MR) is 136 cm³/mol. The van der Waals surface area contributed by atoms with Crippen molar-refractivity contribution in [3.05, 3.63) is 84.9 Å². The second-order valence-corrected chi connectivity index (χ2v) is 8.48. The molecule has 0 aliphatic heterocycles. The van der Waals surface area contributed by atoms with E-state index in [0.29, 0.717) is 22.8 Å². The molecule has 180 valence electrons. The molecule has 0 amide bonds. The van der Waals surface area contributed by atoms with Gasteiger partial charge in [-0.05, 0) is 59.0 Å². The van der Waals surface area contributed by atoms with Crippen LogP contribution in [0.2, 0.25) is 0 Å². The van der Waals surface area contributed by atoms with Crippen molar-refractivity contribution in [1.29, 1.82) is 0 Å². The Morgan fingerprint density at radius 2 is 1.53 bits per heavy atom. The van der Waals surface area contributed by atoms with Crippen molar-refractivity contribution in [3.8, 4) is 28.3 Å². The predicted octanol–water partition coefficient (Wildman–Crippen LogP) is 6.26. The summed E-state index contributed by atoms with van der Waals surface area (Å²) in [6, 6.07) is 27.6. The molecule has 0 spiro atoms. The van der Waals surface area contributed by atoms with Gasteiger partial charge in [-0.1, -0.05) is 60.7 Å². The highest BCUT2D eigenvalue weighted by Crippen LogP contribution is 2.36. The molecule has 0 fully saturated rings. The maximum absolute atomic E-state index is 11.1. The molecule has 0 atom stereocenters. The van der Waals surface area contributed by atoms with Gasteiger partial charge in [0.1, 0.15) is 11.3 Å². The number of carboxylic acids is 2. The number of carboxylic acid groups (broad SMARTS) is 2. The standard InChI is InChI=1S/C29H23NO6/c31-28(32)22(29(33)34)11-6-14-35-26-17-20-10-5-4-9-19(20)15-23(26)27-30-24-16-21(12-13-25(24)36-27)18-7-2-1-3-8-18/h1-5,7-10,12-13,15-17,22H,6,11,14H2,(H,31,32)(H,33,34). The zero-order chi connectivity index (χ0) is 25.1. The molecule has 7 nitrogen and oxygen atoms in total. The van der Waals surface area contributed by atoms with Crippen molar-refractivity contribution in [2.45, 2.75) is 12.8 Å². The Morgan fingerprint density at radius 3 is 2.25 bits per heavy atom. The summed E-state index contributed by atoms with van der Waals surface area (Å²) in [6.45, 7) is 0.154. The number of aliphatic carboxylic acids is 2. The molecule has 2 N–H and O–H groups in total. The van der Waals surface area contributed by atoms with Gasteiger partial charge in [-0.15, -0.1) is 0 Å². The van der Waals surface area contributed by atoms with E-state index in [1.807, 2.05) is 84.9 Å². The first-order valence-corrected chi connectivity index (χ1v) is 11.6. The molecule has 5 rings (SSSR count). The van der Waals surface area contributed by atoms with Crippen LogP contribution in [-0.2, 0) is 9.59 Å². The van der Waals surface area contributed by atoms with Crippen molar-refractivity contribution in [2.24, 2.45) is 5.92 Å². The SMILES string of the molecule is O=C(O)C(CCCOc1cc2ccccc2cc1-c1nc2cc(-c3ccccc3)ccc2o1)C(=O)O. The summed E-state index contributed by atoms with van der Waals surface area (Å²) in [6.07, 6.45) is 0.238. The van der Waals surface area contributed by atoms with Gasteiger partial charge in [0.15, 0.2) is 11.5 Å². The third kappa shape index (κ3) is 4.77. The quantitative estimate of drug-likeness (QED) is 0.189. The van der Waals surface area contributed by atoms with E-state index in [0.717, 1.165) is 27.4 Å². The van der Waals surface area contributed by atoms with Crippen LogP contribution in [0.1, 0.15) is 12.8 Å². The summed E-state index contributed by atoms with van der Waals surface area (Å²) in [5, 5.41) is 20.1. The van der Waals surface area contributed by atoms with Crippen LogP contribution >= 0.6 is 0 Å². The van der Waals surface area contributed by atoms with Gasteiger partial charge in [-0.25, -0.2) is 4.98 Å². The largest absolute Gasteiger partial charge is 0.493 e. The normalized spacial score (nSPS) is 11.2. The Labute approximate surface area is 206 Å². The molecule has 0 aliphatic carbocycles. The first-order chi connectivity index (χ1) is 17.5. The monoisotopic (exact) mass is 481 g/mol. The van der Waals surface area contributed by atoms with Crippen LogP contribution in [0.25, 0.3) is 44.5 Å². The van der Waals surface area contributed by atoms with Crippen LogP contribution < -0.4 is 4.74 Å². The van der Waals surface area contributed by atoms with Crippen molar-refractivity contribution in [1.82, 2.24) is 4.98 Å². The van der Waals surface area contributed by atoms with E-state index >= 15 is 0 Å². The molecule has 36 heavy (non-hydrogen) atoms. The number of hydrogen-bond donors (Lipinski definition) is 2. The lowest BCUT2D eigenvalue weighted by molar-refractivity contribution is -0.154. The number of fused-ring (bicyclic) bond motifs is 2. The summed E-state index contributed by atoms with van der Waals surface area (Å²) >= 11 is 0. The van der Waals surface area contributed by atoms with E-state index in [1.54, 1.807) is 0 Å². The van der Waals surface area contributed by atoms with Crippen molar-refractivity contribution in [2.75, 3.05) is 6.61 Å². The number of carbonyl (C=O) groups is 2. The van der Waals surface area contributed by atoms with Crippen LogP contribution in [0.5, 0.6) is 5.75 Å². The second-order valence-electron chi connectivity index (χ2n) is 8.48. The second kappa shape index (κ2) is 9.92. The molecule has 4 aromatic carbocycles. The van der Waals surface area contributed by atoms with E-state index in [2.05, 4.69) is 0 Å². The number of hydrogen-bond acceptors (Lipinski definition) is 5. The first kappa shape index (κ1) is 23.1. The molecule has 5 aromatic rings. The Kier molecular flexibility index (Phi) is 6.36. The average molecular weight is 482 g/mol. The summed E-state index contributed by atoms with van der Waals surface area (Å²) in [7, 11) is 0. The third-order valence-electron chi connectivity index (χ3n) is 6.06. The smallest absolute Gasteiger partial charge is 0.317 e. The molecule has 0 saturated carbocycles. The lowest BCUT2D eigenvalue weighted by Gasteiger charge is -2.12. The average Bonchev–Trinajstić information content (AvgIpc) is 3.31. The van der Waals surface area contributed by atoms with Gasteiger partial charge in [-0.2, -0.15) is 0 Å². The summed E-state index contributed by atoms with van der Waals surface area (Å²) in [5.41, 5.74) is 4.15. The van der Waals surface area contributed by atoms with Crippen LogP contribution in [0.3, 0.4) is 0 Å². The van der Waals surface area contributed by atoms with Gasteiger partial charge in [0.2, 0.25) is 5.89 Å². The van der Waals surface area contributed by atoms with Crippen molar-refractivity contribution < 1.29 is 29.0 Å². The fourth-order valence-corrected chi connectivity index (χ4v) is 4.18. The van der Waals surface area contributed by atoms with Crippen LogP contribution in [0, 0.1) is 5.92 Å². The minimum atomic E-state index is -1.46. The molecule has 7 heteroatoms. The summed E-state index contributed by atoms with van der Waals surface area (Å²) in [5.74, 6) is -3.22. The summed E-state index contributed by atoms with van der Waals surface area (Å²) in [4.78, 5) is 27.0. The minimum absolute atomic E-state index is 0.0290. The van der Waals surface area contributed by atoms with E-state index < -0.39 is 17.9 Å². The molecule has 1 heterocycles. The number of oxazole rings is 1. The molecule has 0 bridgehead atoms. The van der Waals surface area contributed by atoms with Crippen molar-refractivity contribution in [3.63, 3.8) is 0 Å². The highest BCUT2D eigenvalue weighted by atomic mass is 16.5. The van der Waals surface area contributed by atoms with Gasteiger partial charge >= 0.3 is 11.9 Å². The maximum Gasteiger partial charge on any atom is 0.317 e. The van der Waals surface area contributed by atoms with Crippen molar-refractivity contribution >= 4 is 33.8 Å². The fourth-order valence-electron chi connectivity index (χ4n) is 4.18. The number of benzene rings is 4. The van der Waals surface area contributed by atoms with Gasteiger partial charge in [0.25, 0.3) is 0 Å². The van der Waals surface area contributed by atoms with Gasteiger partial charge in [0, 0.05) is 0 Å². The van der Waals surface area contributed by atoms with Crippen LogP contribution in [0.4, 0.5) is 0 Å². The van der Waals surface area contributed by atoms with E-state index in [1.165, 1.54) is 0 Å². The highest BCUT2D eigenvalue weighted by molar-refractivity contribution is 5.93. The van der Waals surface area contributed by atoms with Crippen LogP contribution in [0.15, 0.2) is 89.3 Å². The molecular weight excluding hydrogens is 458 g/mol. The number of aromatic nitrogens is 1. The number of nitrogens with zero attached hydrogens (tertiary/aromatic N) is 1. The Balaban J connectivity index is 1.46. The molecule has 1 aromatic heterocycles. The Morgan fingerprint density at radius 1 is 0.833 bits per heavy atom. The maximum atomic E-state index is 11.1. The molecular formula is C29H23NO6. The summed E-state index contributed by atoms with van der Waals surface area (Å²) < 4.78 is 12.1. The third-order valence-corrected chi connectivity index (χ3v) is 6.06. The number of rotatable bonds is 9. The highest BCUT2D eigenvalue weighted by Gasteiger charge is 2.25. The molecule has 0 saturated heterocycles. The lowest BCUT2D eigenvalue weighted by Crippen LogP contribution is -2.23. The molecule has 0 aliphatic rings. The van der Waals surface area contributed by atoms with Gasteiger partial charge < -0.3 is 19.4 Å². The minimum Gasteiger partial charge on any atom is -0.493 e. The number of ether oxygens (including phenoxy) is 1. The Hall–Kier alpha value is -4.65. The zero-order valence-electron chi connectivity index (χ0n) is 19.3.